The molecule has 3 aromatic heterocycles. The molecule has 4 heterocycles. The zero-order valence-corrected chi connectivity index (χ0v) is 16.6. The van der Waals surface area contributed by atoms with Crippen molar-refractivity contribution in [1.82, 2.24) is 25.0 Å². The van der Waals surface area contributed by atoms with E-state index in [0.29, 0.717) is 46.9 Å². The summed E-state index contributed by atoms with van der Waals surface area (Å²) in [5.74, 6) is 2.18. The highest BCUT2D eigenvalue weighted by Crippen LogP contribution is 2.36. The van der Waals surface area contributed by atoms with Gasteiger partial charge in [-0.1, -0.05) is 23.4 Å². The average Bonchev–Trinajstić information content (AvgIpc) is 3.45. The van der Waals surface area contributed by atoms with Crippen LogP contribution in [0.25, 0.3) is 11.5 Å². The van der Waals surface area contributed by atoms with Gasteiger partial charge in [0.15, 0.2) is 23.6 Å². The third kappa shape index (κ3) is 3.57. The maximum atomic E-state index is 10.8. The number of rotatable bonds is 6. The summed E-state index contributed by atoms with van der Waals surface area (Å²) in [5, 5.41) is 17.4. The third-order valence-electron chi connectivity index (χ3n) is 4.99. The van der Waals surface area contributed by atoms with Crippen molar-refractivity contribution in [2.45, 2.75) is 25.6 Å². The Labute approximate surface area is 176 Å². The van der Waals surface area contributed by atoms with Crippen LogP contribution in [0.5, 0.6) is 0 Å². The number of hydrogen-bond acceptors (Lipinski definition) is 9. The summed E-state index contributed by atoms with van der Waals surface area (Å²) >= 11 is 0. The smallest absolute Gasteiger partial charge is 0.236 e. The van der Waals surface area contributed by atoms with Crippen molar-refractivity contribution < 1.29 is 18.8 Å². The monoisotopic (exact) mass is 418 g/mol. The Balaban J connectivity index is 1.47. The van der Waals surface area contributed by atoms with Gasteiger partial charge >= 0.3 is 0 Å². The van der Waals surface area contributed by atoms with Crippen LogP contribution in [0.1, 0.15) is 40.0 Å². The van der Waals surface area contributed by atoms with Crippen LogP contribution >= 0.6 is 0 Å². The van der Waals surface area contributed by atoms with E-state index in [2.05, 4.69) is 31.5 Å². The van der Waals surface area contributed by atoms with Crippen LogP contribution in [0.2, 0.25) is 0 Å². The molecule has 0 saturated heterocycles. The number of fused-ring (bicyclic) bond motifs is 3. The SMILES string of the molecule is COCc1cc(-c2nnc3n2N=C(OCc2ccc(C=O)cn2)C2=CC=CCC23)no1. The van der Waals surface area contributed by atoms with E-state index in [1.165, 1.54) is 6.20 Å². The minimum absolute atomic E-state index is 0.0329. The molecule has 1 atom stereocenters. The number of hydrogen-bond donors (Lipinski definition) is 0. The zero-order chi connectivity index (χ0) is 21.2. The predicted octanol–water partition coefficient (Wildman–Crippen LogP) is 2.65. The van der Waals surface area contributed by atoms with E-state index in [4.69, 9.17) is 14.0 Å². The van der Waals surface area contributed by atoms with Crippen LogP contribution in [-0.2, 0) is 22.7 Å². The minimum atomic E-state index is -0.0329. The average molecular weight is 418 g/mol. The molecule has 3 aromatic rings. The second-order valence-corrected chi connectivity index (χ2v) is 7.04. The summed E-state index contributed by atoms with van der Waals surface area (Å²) in [6.45, 7) is 0.516. The van der Waals surface area contributed by atoms with Crippen LogP contribution in [-0.4, -0.2) is 44.3 Å². The van der Waals surface area contributed by atoms with Gasteiger partial charge in [0.1, 0.15) is 13.2 Å². The first-order valence-electron chi connectivity index (χ1n) is 9.66. The van der Waals surface area contributed by atoms with Gasteiger partial charge in [-0.15, -0.1) is 15.3 Å². The van der Waals surface area contributed by atoms with E-state index in [0.717, 1.165) is 18.3 Å². The second-order valence-electron chi connectivity index (χ2n) is 7.04. The van der Waals surface area contributed by atoms with Gasteiger partial charge in [-0.3, -0.25) is 9.78 Å². The molecule has 0 aromatic carbocycles. The van der Waals surface area contributed by atoms with E-state index in [1.807, 2.05) is 12.2 Å². The number of aromatic nitrogens is 5. The third-order valence-corrected chi connectivity index (χ3v) is 4.99. The number of allylic oxidation sites excluding steroid dienone is 3. The number of ether oxygens (including phenoxy) is 2. The van der Waals surface area contributed by atoms with Crippen molar-refractivity contribution in [1.29, 1.82) is 0 Å². The molecule has 1 aliphatic carbocycles. The lowest BCUT2D eigenvalue weighted by molar-refractivity contribution is 0.112. The molecule has 0 spiro atoms. The normalized spacial score (nSPS) is 16.9. The molecular weight excluding hydrogens is 400 g/mol. The molecular formula is C21H18N6O4. The molecule has 5 rings (SSSR count). The molecule has 0 radical (unpaired) electrons. The zero-order valence-electron chi connectivity index (χ0n) is 16.6. The molecule has 10 nitrogen and oxygen atoms in total. The Morgan fingerprint density at radius 3 is 3.03 bits per heavy atom. The summed E-state index contributed by atoms with van der Waals surface area (Å²) in [6.07, 6.45) is 9.04. The number of carbonyl (C=O) groups is 1. The molecule has 0 bridgehead atoms. The molecule has 0 amide bonds. The highest BCUT2D eigenvalue weighted by molar-refractivity contribution is 5.96. The first-order valence-corrected chi connectivity index (χ1v) is 9.66. The van der Waals surface area contributed by atoms with E-state index in [-0.39, 0.29) is 12.5 Å². The van der Waals surface area contributed by atoms with E-state index in [9.17, 15) is 4.79 Å². The lowest BCUT2D eigenvalue weighted by Crippen LogP contribution is -2.25. The van der Waals surface area contributed by atoms with E-state index in [1.54, 1.807) is 30.0 Å². The minimum Gasteiger partial charge on any atom is -0.470 e. The maximum Gasteiger partial charge on any atom is 0.236 e. The van der Waals surface area contributed by atoms with Crippen molar-refractivity contribution in [2.75, 3.05) is 7.11 Å². The highest BCUT2D eigenvalue weighted by atomic mass is 16.5. The summed E-state index contributed by atoms with van der Waals surface area (Å²) in [5.41, 5.74) is 2.64. The summed E-state index contributed by atoms with van der Waals surface area (Å²) < 4.78 is 18.0. The van der Waals surface area contributed by atoms with Crippen LogP contribution in [0.3, 0.4) is 0 Å². The lowest BCUT2D eigenvalue weighted by Gasteiger charge is -2.26. The number of methoxy groups -OCH3 is 1. The number of nitrogens with zero attached hydrogens (tertiary/aromatic N) is 6. The van der Waals surface area contributed by atoms with Crippen LogP contribution in [0, 0.1) is 0 Å². The Kier molecular flexibility index (Phi) is 4.97. The molecule has 0 saturated carbocycles. The van der Waals surface area contributed by atoms with Gasteiger partial charge in [0.05, 0.1) is 11.6 Å². The van der Waals surface area contributed by atoms with Crippen molar-refractivity contribution in [3.63, 3.8) is 0 Å². The molecule has 0 N–H and O–H groups in total. The molecule has 0 fully saturated rings. The Hall–Kier alpha value is -3.92. The Morgan fingerprint density at radius 2 is 2.23 bits per heavy atom. The molecule has 1 unspecified atom stereocenters. The number of aldehydes is 1. The molecule has 156 valence electrons. The van der Waals surface area contributed by atoms with Crippen LogP contribution in [0.4, 0.5) is 0 Å². The lowest BCUT2D eigenvalue weighted by atomic mass is 9.90. The fraction of sp³-hybridized carbons (Fsp3) is 0.238. The van der Waals surface area contributed by atoms with Gasteiger partial charge in [0.2, 0.25) is 11.7 Å². The van der Waals surface area contributed by atoms with Gasteiger partial charge in [-0.25, -0.2) is 0 Å². The van der Waals surface area contributed by atoms with Crippen LogP contribution < -0.4 is 0 Å². The predicted molar refractivity (Wildman–Crippen MR) is 108 cm³/mol. The van der Waals surface area contributed by atoms with Crippen molar-refractivity contribution in [3.8, 4) is 11.5 Å². The van der Waals surface area contributed by atoms with Crippen molar-refractivity contribution in [2.24, 2.45) is 5.10 Å². The van der Waals surface area contributed by atoms with Gasteiger partial charge in [-0.2, -0.15) is 4.68 Å². The summed E-state index contributed by atoms with van der Waals surface area (Å²) in [7, 11) is 1.58. The quantitative estimate of drug-likeness (QED) is 0.561. The standard InChI is InChI=1S/C21H18N6O4/c1-29-12-15-8-18(26-31-15)20-24-23-19-16-4-2-3-5-17(16)21(25-27(19)20)30-11-14-7-6-13(10-28)9-22-14/h2-3,5-10,16H,4,11-12H2,1H3. The van der Waals surface area contributed by atoms with Crippen molar-refractivity contribution in [3.05, 3.63) is 71.0 Å². The number of pyridine rings is 1. The Morgan fingerprint density at radius 1 is 1.29 bits per heavy atom. The summed E-state index contributed by atoms with van der Waals surface area (Å²) in [6, 6.07) is 5.20. The summed E-state index contributed by atoms with van der Waals surface area (Å²) in [4.78, 5) is 15.1. The fourth-order valence-corrected chi connectivity index (χ4v) is 3.48. The van der Waals surface area contributed by atoms with E-state index < -0.39 is 0 Å². The van der Waals surface area contributed by atoms with Crippen molar-refractivity contribution >= 4 is 12.2 Å². The van der Waals surface area contributed by atoms with E-state index >= 15 is 0 Å². The van der Waals surface area contributed by atoms with Gasteiger partial charge in [-0.05, 0) is 18.6 Å². The molecule has 10 heteroatoms. The van der Waals surface area contributed by atoms with Gasteiger partial charge in [0.25, 0.3) is 0 Å². The van der Waals surface area contributed by atoms with Gasteiger partial charge in [0, 0.05) is 30.5 Å². The topological polar surface area (TPSA) is 118 Å². The fourth-order valence-electron chi connectivity index (χ4n) is 3.48. The molecule has 31 heavy (non-hydrogen) atoms. The second kappa shape index (κ2) is 8.07. The maximum absolute atomic E-state index is 10.8. The Bertz CT molecular complexity index is 1200. The first kappa shape index (κ1) is 19.1. The highest BCUT2D eigenvalue weighted by Gasteiger charge is 2.34. The molecule has 1 aliphatic heterocycles. The largest absolute Gasteiger partial charge is 0.470 e. The first-order chi connectivity index (χ1) is 15.3. The number of carbonyl (C=O) groups excluding carboxylic acids is 1. The van der Waals surface area contributed by atoms with Crippen LogP contribution in [0.15, 0.2) is 57.8 Å². The van der Waals surface area contributed by atoms with Gasteiger partial charge < -0.3 is 14.0 Å². The molecule has 2 aliphatic rings.